The first-order valence-corrected chi connectivity index (χ1v) is 7.63. The number of thiazole rings is 1. The maximum absolute atomic E-state index is 4.41. The number of nitrogens with one attached hydrogen (secondary N) is 1. The van der Waals surface area contributed by atoms with E-state index in [9.17, 15) is 0 Å². The third-order valence-corrected chi connectivity index (χ3v) is 4.48. The van der Waals surface area contributed by atoms with Crippen molar-refractivity contribution in [3.8, 4) is 10.4 Å². The summed E-state index contributed by atoms with van der Waals surface area (Å²) in [5.41, 5.74) is 2.46. The van der Waals surface area contributed by atoms with E-state index in [-0.39, 0.29) is 0 Å². The zero-order valence-corrected chi connectivity index (χ0v) is 13.2. The van der Waals surface area contributed by atoms with E-state index in [1.165, 1.54) is 16.0 Å². The number of halogens is 1. The lowest BCUT2D eigenvalue weighted by molar-refractivity contribution is 0.688. The van der Waals surface area contributed by atoms with Crippen LogP contribution >= 0.6 is 27.3 Å². The maximum atomic E-state index is 4.41. The first-order valence-electron chi connectivity index (χ1n) is 6.02. The SMILES string of the molecule is Cc1ccc(-c2cnc(NCC(C)C)s2)cc1Br. The highest BCUT2D eigenvalue weighted by Gasteiger charge is 2.06. The standard InChI is InChI=1S/C14H17BrN2S/c1-9(2)7-16-14-17-8-13(18-14)11-5-4-10(3)12(15)6-11/h4-6,8-9H,7H2,1-3H3,(H,16,17). The van der Waals surface area contributed by atoms with Crippen molar-refractivity contribution in [1.82, 2.24) is 4.98 Å². The van der Waals surface area contributed by atoms with E-state index in [4.69, 9.17) is 0 Å². The van der Waals surface area contributed by atoms with Crippen molar-refractivity contribution in [3.05, 3.63) is 34.4 Å². The molecular formula is C14H17BrN2S. The van der Waals surface area contributed by atoms with Crippen molar-refractivity contribution in [2.75, 3.05) is 11.9 Å². The number of aromatic nitrogens is 1. The average molecular weight is 325 g/mol. The van der Waals surface area contributed by atoms with Crippen molar-refractivity contribution >= 4 is 32.4 Å². The minimum Gasteiger partial charge on any atom is -0.361 e. The van der Waals surface area contributed by atoms with Crippen molar-refractivity contribution in [2.45, 2.75) is 20.8 Å². The van der Waals surface area contributed by atoms with E-state index in [0.29, 0.717) is 5.92 Å². The average Bonchev–Trinajstić information content (AvgIpc) is 2.79. The summed E-state index contributed by atoms with van der Waals surface area (Å²) >= 11 is 5.27. The summed E-state index contributed by atoms with van der Waals surface area (Å²) in [4.78, 5) is 5.60. The molecule has 0 radical (unpaired) electrons. The summed E-state index contributed by atoms with van der Waals surface area (Å²) in [5.74, 6) is 0.630. The van der Waals surface area contributed by atoms with Gasteiger partial charge in [-0.15, -0.1) is 0 Å². The Morgan fingerprint density at radius 1 is 1.39 bits per heavy atom. The lowest BCUT2D eigenvalue weighted by atomic mass is 10.1. The lowest BCUT2D eigenvalue weighted by Gasteiger charge is -2.04. The van der Waals surface area contributed by atoms with Gasteiger partial charge in [0.1, 0.15) is 0 Å². The molecule has 4 heteroatoms. The highest BCUT2D eigenvalue weighted by Crippen LogP contribution is 2.31. The molecule has 0 saturated carbocycles. The molecule has 2 aromatic rings. The molecule has 0 bridgehead atoms. The van der Waals surface area contributed by atoms with Crippen LogP contribution in [0.2, 0.25) is 0 Å². The van der Waals surface area contributed by atoms with Gasteiger partial charge >= 0.3 is 0 Å². The quantitative estimate of drug-likeness (QED) is 0.860. The minimum absolute atomic E-state index is 0.630. The highest BCUT2D eigenvalue weighted by atomic mass is 79.9. The molecule has 0 amide bonds. The van der Waals surface area contributed by atoms with Crippen molar-refractivity contribution in [2.24, 2.45) is 5.92 Å². The van der Waals surface area contributed by atoms with Crippen LogP contribution in [-0.2, 0) is 0 Å². The number of hydrogen-bond donors (Lipinski definition) is 1. The Bertz CT molecular complexity index is 534. The normalized spacial score (nSPS) is 10.9. The molecule has 0 aliphatic rings. The van der Waals surface area contributed by atoms with Crippen molar-refractivity contribution in [1.29, 1.82) is 0 Å². The Hall–Kier alpha value is -0.870. The van der Waals surface area contributed by atoms with E-state index >= 15 is 0 Å². The predicted molar refractivity (Wildman–Crippen MR) is 83.3 cm³/mol. The van der Waals surface area contributed by atoms with Gasteiger partial charge in [0.25, 0.3) is 0 Å². The fourth-order valence-corrected chi connectivity index (χ4v) is 2.73. The topological polar surface area (TPSA) is 24.9 Å². The molecule has 1 N–H and O–H groups in total. The second kappa shape index (κ2) is 5.85. The monoisotopic (exact) mass is 324 g/mol. The third-order valence-electron chi connectivity index (χ3n) is 2.62. The summed E-state index contributed by atoms with van der Waals surface area (Å²) in [6, 6.07) is 6.41. The zero-order valence-electron chi connectivity index (χ0n) is 10.8. The van der Waals surface area contributed by atoms with Crippen LogP contribution in [0.4, 0.5) is 5.13 Å². The van der Waals surface area contributed by atoms with Gasteiger partial charge in [-0.1, -0.05) is 53.2 Å². The first-order chi connectivity index (χ1) is 8.56. The van der Waals surface area contributed by atoms with Gasteiger partial charge in [-0.2, -0.15) is 0 Å². The van der Waals surface area contributed by atoms with Crippen LogP contribution in [0.15, 0.2) is 28.9 Å². The van der Waals surface area contributed by atoms with Crippen LogP contribution in [0.1, 0.15) is 19.4 Å². The molecule has 1 aromatic heterocycles. The molecule has 18 heavy (non-hydrogen) atoms. The molecule has 96 valence electrons. The molecule has 2 rings (SSSR count). The number of rotatable bonds is 4. The number of benzene rings is 1. The van der Waals surface area contributed by atoms with Crippen LogP contribution in [0.3, 0.4) is 0 Å². The van der Waals surface area contributed by atoms with Gasteiger partial charge in [-0.3, -0.25) is 0 Å². The molecule has 0 fully saturated rings. The summed E-state index contributed by atoms with van der Waals surface area (Å²) in [6.07, 6.45) is 1.93. The smallest absolute Gasteiger partial charge is 0.183 e. The molecule has 0 atom stereocenters. The van der Waals surface area contributed by atoms with E-state index in [1.54, 1.807) is 11.3 Å². The summed E-state index contributed by atoms with van der Waals surface area (Å²) < 4.78 is 1.14. The molecule has 0 spiro atoms. The molecule has 1 aromatic carbocycles. The van der Waals surface area contributed by atoms with Gasteiger partial charge in [0.2, 0.25) is 0 Å². The van der Waals surface area contributed by atoms with Crippen LogP contribution < -0.4 is 5.32 Å². The van der Waals surface area contributed by atoms with Crippen molar-refractivity contribution < 1.29 is 0 Å². The molecule has 0 aliphatic carbocycles. The summed E-state index contributed by atoms with van der Waals surface area (Å²) in [7, 11) is 0. The van der Waals surface area contributed by atoms with Crippen LogP contribution in [0, 0.1) is 12.8 Å². The van der Waals surface area contributed by atoms with Crippen LogP contribution in [-0.4, -0.2) is 11.5 Å². The highest BCUT2D eigenvalue weighted by molar-refractivity contribution is 9.10. The third kappa shape index (κ3) is 3.33. The Morgan fingerprint density at radius 3 is 2.83 bits per heavy atom. The van der Waals surface area contributed by atoms with Crippen LogP contribution in [0.5, 0.6) is 0 Å². The number of hydrogen-bond acceptors (Lipinski definition) is 3. The van der Waals surface area contributed by atoms with E-state index in [0.717, 1.165) is 16.1 Å². The Balaban J connectivity index is 2.16. The Kier molecular flexibility index (Phi) is 4.40. The first kappa shape index (κ1) is 13.6. The van der Waals surface area contributed by atoms with Gasteiger partial charge in [-0.25, -0.2) is 4.98 Å². The van der Waals surface area contributed by atoms with Gasteiger partial charge in [0, 0.05) is 17.2 Å². The Morgan fingerprint density at radius 2 is 2.17 bits per heavy atom. The second-order valence-corrected chi connectivity index (χ2v) is 6.65. The van der Waals surface area contributed by atoms with Gasteiger partial charge in [-0.05, 0) is 30.0 Å². The van der Waals surface area contributed by atoms with E-state index in [2.05, 4.69) is 65.2 Å². The predicted octanol–water partition coefficient (Wildman–Crippen LogP) is 4.95. The largest absolute Gasteiger partial charge is 0.361 e. The fraction of sp³-hybridized carbons (Fsp3) is 0.357. The lowest BCUT2D eigenvalue weighted by Crippen LogP contribution is -2.07. The number of nitrogens with zero attached hydrogens (tertiary/aromatic N) is 1. The fourth-order valence-electron chi connectivity index (χ4n) is 1.53. The van der Waals surface area contributed by atoms with Crippen molar-refractivity contribution in [3.63, 3.8) is 0 Å². The van der Waals surface area contributed by atoms with Gasteiger partial charge in [0.05, 0.1) is 4.88 Å². The van der Waals surface area contributed by atoms with E-state index < -0.39 is 0 Å². The molecule has 0 unspecified atom stereocenters. The molecule has 1 heterocycles. The zero-order chi connectivity index (χ0) is 13.1. The molecule has 2 nitrogen and oxygen atoms in total. The number of anilines is 1. The second-order valence-electron chi connectivity index (χ2n) is 4.77. The van der Waals surface area contributed by atoms with E-state index in [1.807, 2.05) is 6.20 Å². The summed E-state index contributed by atoms with van der Waals surface area (Å²) in [5, 5.41) is 4.35. The van der Waals surface area contributed by atoms with Gasteiger partial charge in [0.15, 0.2) is 5.13 Å². The van der Waals surface area contributed by atoms with Gasteiger partial charge < -0.3 is 5.32 Å². The number of aryl methyl sites for hydroxylation is 1. The molecular weight excluding hydrogens is 308 g/mol. The summed E-state index contributed by atoms with van der Waals surface area (Å²) in [6.45, 7) is 7.44. The van der Waals surface area contributed by atoms with Crippen LogP contribution in [0.25, 0.3) is 10.4 Å². The molecule has 0 saturated heterocycles. The maximum Gasteiger partial charge on any atom is 0.183 e. The Labute approximate surface area is 121 Å². The molecule has 0 aliphatic heterocycles. The minimum atomic E-state index is 0.630.